The van der Waals surface area contributed by atoms with Gasteiger partial charge in [-0.2, -0.15) is 0 Å². The first-order valence-electron chi connectivity index (χ1n) is 4.88. The second-order valence-electron chi connectivity index (χ2n) is 3.30. The first kappa shape index (κ1) is 11.6. The van der Waals surface area contributed by atoms with Gasteiger partial charge in [0, 0.05) is 30.8 Å². The Hall–Kier alpha value is -0.450. The van der Waals surface area contributed by atoms with E-state index in [0.717, 1.165) is 24.6 Å². The summed E-state index contributed by atoms with van der Waals surface area (Å²) in [5.74, 6) is 0. The van der Waals surface area contributed by atoms with Crippen molar-refractivity contribution in [3.05, 3.63) is 16.1 Å². The van der Waals surface area contributed by atoms with Gasteiger partial charge in [-0.05, 0) is 26.8 Å². The van der Waals surface area contributed by atoms with Crippen LogP contribution in [0.1, 0.15) is 29.3 Å². The zero-order valence-electron chi connectivity index (χ0n) is 9.04. The monoisotopic (exact) mass is 214 g/mol. The van der Waals surface area contributed by atoms with E-state index in [4.69, 9.17) is 4.74 Å². The molecular formula is C10H18N2OS. The lowest BCUT2D eigenvalue weighted by Crippen LogP contribution is -2.20. The third-order valence-electron chi connectivity index (χ3n) is 2.04. The van der Waals surface area contributed by atoms with Crippen LogP contribution >= 0.6 is 11.3 Å². The number of aromatic nitrogens is 1. The SMILES string of the molecule is COCCCNC(C)c1cnc(C)s1. The van der Waals surface area contributed by atoms with Crippen molar-refractivity contribution >= 4 is 11.3 Å². The number of nitrogens with zero attached hydrogens (tertiary/aromatic N) is 1. The molecule has 0 aromatic carbocycles. The average molecular weight is 214 g/mol. The van der Waals surface area contributed by atoms with E-state index in [-0.39, 0.29) is 0 Å². The first-order valence-corrected chi connectivity index (χ1v) is 5.70. The first-order chi connectivity index (χ1) is 6.74. The lowest BCUT2D eigenvalue weighted by atomic mass is 10.3. The van der Waals surface area contributed by atoms with Crippen molar-refractivity contribution in [1.29, 1.82) is 0 Å². The Morgan fingerprint density at radius 2 is 2.43 bits per heavy atom. The van der Waals surface area contributed by atoms with Gasteiger partial charge in [-0.15, -0.1) is 11.3 Å². The summed E-state index contributed by atoms with van der Waals surface area (Å²) in [6.45, 7) is 6.01. The Morgan fingerprint density at radius 3 is 3.00 bits per heavy atom. The molecule has 80 valence electrons. The van der Waals surface area contributed by atoms with Gasteiger partial charge in [-0.3, -0.25) is 0 Å². The summed E-state index contributed by atoms with van der Waals surface area (Å²) in [7, 11) is 1.73. The molecule has 1 atom stereocenters. The molecule has 1 aromatic rings. The number of aryl methyl sites for hydroxylation is 1. The highest BCUT2D eigenvalue weighted by Gasteiger charge is 2.06. The molecule has 0 radical (unpaired) electrons. The van der Waals surface area contributed by atoms with Gasteiger partial charge in [0.1, 0.15) is 0 Å². The Kier molecular flexibility index (Phi) is 5.07. The van der Waals surface area contributed by atoms with Gasteiger partial charge in [-0.25, -0.2) is 4.98 Å². The van der Waals surface area contributed by atoms with Gasteiger partial charge in [0.25, 0.3) is 0 Å². The molecular weight excluding hydrogens is 196 g/mol. The normalized spacial score (nSPS) is 13.1. The molecule has 1 unspecified atom stereocenters. The lowest BCUT2D eigenvalue weighted by molar-refractivity contribution is 0.193. The smallest absolute Gasteiger partial charge is 0.0897 e. The maximum absolute atomic E-state index is 4.98. The van der Waals surface area contributed by atoms with E-state index in [1.54, 1.807) is 18.4 Å². The highest BCUT2D eigenvalue weighted by atomic mass is 32.1. The minimum atomic E-state index is 0.401. The van der Waals surface area contributed by atoms with Crippen molar-refractivity contribution in [2.24, 2.45) is 0 Å². The van der Waals surface area contributed by atoms with Crippen LogP contribution in [-0.2, 0) is 4.74 Å². The van der Waals surface area contributed by atoms with E-state index in [0.29, 0.717) is 6.04 Å². The molecule has 1 heterocycles. The summed E-state index contributed by atoms with van der Waals surface area (Å²) in [6.07, 6.45) is 3.01. The lowest BCUT2D eigenvalue weighted by Gasteiger charge is -2.10. The Morgan fingerprint density at radius 1 is 1.64 bits per heavy atom. The van der Waals surface area contributed by atoms with Crippen molar-refractivity contribution < 1.29 is 4.74 Å². The topological polar surface area (TPSA) is 34.1 Å². The van der Waals surface area contributed by atoms with Gasteiger partial charge in [0.2, 0.25) is 0 Å². The van der Waals surface area contributed by atoms with Crippen LogP contribution in [0.2, 0.25) is 0 Å². The van der Waals surface area contributed by atoms with Crippen LogP contribution in [0.25, 0.3) is 0 Å². The minimum Gasteiger partial charge on any atom is -0.385 e. The maximum atomic E-state index is 4.98. The number of hydrogen-bond acceptors (Lipinski definition) is 4. The zero-order valence-corrected chi connectivity index (χ0v) is 9.86. The maximum Gasteiger partial charge on any atom is 0.0897 e. The average Bonchev–Trinajstić information content (AvgIpc) is 2.59. The Labute approximate surface area is 89.5 Å². The summed E-state index contributed by atoms with van der Waals surface area (Å²) in [5.41, 5.74) is 0. The molecule has 1 N–H and O–H groups in total. The standard InChI is InChI=1S/C10H18N2OS/c1-8(11-5-4-6-13-3)10-7-12-9(2)14-10/h7-8,11H,4-6H2,1-3H3. The highest BCUT2D eigenvalue weighted by molar-refractivity contribution is 7.11. The molecule has 0 amide bonds. The van der Waals surface area contributed by atoms with Crippen LogP contribution in [0.5, 0.6) is 0 Å². The molecule has 4 heteroatoms. The molecule has 1 rings (SSSR count). The fourth-order valence-electron chi connectivity index (χ4n) is 1.21. The third kappa shape index (κ3) is 3.74. The molecule has 0 aliphatic heterocycles. The summed E-state index contributed by atoms with van der Waals surface area (Å²) < 4.78 is 4.98. The summed E-state index contributed by atoms with van der Waals surface area (Å²) in [6, 6.07) is 0.401. The van der Waals surface area contributed by atoms with Crippen LogP contribution in [0.15, 0.2) is 6.20 Å². The van der Waals surface area contributed by atoms with E-state index in [1.165, 1.54) is 4.88 Å². The fraction of sp³-hybridized carbons (Fsp3) is 0.700. The van der Waals surface area contributed by atoms with E-state index in [2.05, 4.69) is 17.2 Å². The number of ether oxygens (including phenoxy) is 1. The van der Waals surface area contributed by atoms with Crippen LogP contribution < -0.4 is 5.32 Å². The second-order valence-corrected chi connectivity index (χ2v) is 4.57. The third-order valence-corrected chi connectivity index (χ3v) is 3.14. The second kappa shape index (κ2) is 6.11. The summed E-state index contributed by atoms with van der Waals surface area (Å²) in [5, 5.41) is 4.57. The van der Waals surface area contributed by atoms with Crippen molar-refractivity contribution in [3.63, 3.8) is 0 Å². The van der Waals surface area contributed by atoms with Gasteiger partial charge in [-0.1, -0.05) is 0 Å². The molecule has 0 saturated carbocycles. The van der Waals surface area contributed by atoms with Crippen LogP contribution in [-0.4, -0.2) is 25.2 Å². The molecule has 0 aliphatic carbocycles. The highest BCUT2D eigenvalue weighted by Crippen LogP contribution is 2.19. The van der Waals surface area contributed by atoms with E-state index < -0.39 is 0 Å². The van der Waals surface area contributed by atoms with Crippen LogP contribution in [0.4, 0.5) is 0 Å². The predicted octanol–water partition coefficient (Wildman–Crippen LogP) is 2.14. The van der Waals surface area contributed by atoms with Crippen molar-refractivity contribution in [1.82, 2.24) is 10.3 Å². The molecule has 0 fully saturated rings. The molecule has 0 aliphatic rings. The zero-order chi connectivity index (χ0) is 10.4. The van der Waals surface area contributed by atoms with Crippen LogP contribution in [0, 0.1) is 6.92 Å². The van der Waals surface area contributed by atoms with Gasteiger partial charge < -0.3 is 10.1 Å². The predicted molar refractivity (Wildman–Crippen MR) is 59.8 cm³/mol. The van der Waals surface area contributed by atoms with Crippen molar-refractivity contribution in [2.75, 3.05) is 20.3 Å². The van der Waals surface area contributed by atoms with E-state index >= 15 is 0 Å². The number of nitrogens with one attached hydrogen (secondary N) is 1. The van der Waals surface area contributed by atoms with Gasteiger partial charge in [0.05, 0.1) is 5.01 Å². The molecule has 0 bridgehead atoms. The number of thiazole rings is 1. The van der Waals surface area contributed by atoms with E-state index in [9.17, 15) is 0 Å². The summed E-state index contributed by atoms with van der Waals surface area (Å²) in [4.78, 5) is 5.54. The van der Waals surface area contributed by atoms with Gasteiger partial charge >= 0.3 is 0 Å². The fourth-order valence-corrected chi connectivity index (χ4v) is 2.03. The minimum absolute atomic E-state index is 0.401. The molecule has 0 spiro atoms. The number of hydrogen-bond donors (Lipinski definition) is 1. The van der Waals surface area contributed by atoms with Crippen molar-refractivity contribution in [2.45, 2.75) is 26.3 Å². The quantitative estimate of drug-likeness (QED) is 0.737. The molecule has 1 aromatic heterocycles. The number of methoxy groups -OCH3 is 1. The number of rotatable bonds is 6. The van der Waals surface area contributed by atoms with Crippen molar-refractivity contribution in [3.8, 4) is 0 Å². The molecule has 14 heavy (non-hydrogen) atoms. The van der Waals surface area contributed by atoms with Gasteiger partial charge in [0.15, 0.2) is 0 Å². The Bertz CT molecular complexity index is 262. The molecule has 0 saturated heterocycles. The molecule has 3 nitrogen and oxygen atoms in total. The summed E-state index contributed by atoms with van der Waals surface area (Å²) >= 11 is 1.75. The van der Waals surface area contributed by atoms with Crippen LogP contribution in [0.3, 0.4) is 0 Å². The Balaban J connectivity index is 2.25. The largest absolute Gasteiger partial charge is 0.385 e. The van der Waals surface area contributed by atoms with E-state index in [1.807, 2.05) is 13.1 Å².